The summed E-state index contributed by atoms with van der Waals surface area (Å²) in [5.41, 5.74) is -0.000328. The lowest BCUT2D eigenvalue weighted by Gasteiger charge is -2.09. The molecule has 5 nitrogen and oxygen atoms in total. The monoisotopic (exact) mass is 277 g/mol. The van der Waals surface area contributed by atoms with Gasteiger partial charge in [0.1, 0.15) is 5.75 Å². The molecule has 2 aromatic rings. The van der Waals surface area contributed by atoms with E-state index >= 15 is 0 Å². The molecule has 6 heteroatoms. The Kier molecular flexibility index (Phi) is 3.47. The Balaban J connectivity index is 2.28. The van der Waals surface area contributed by atoms with Crippen LogP contribution < -0.4 is 5.32 Å². The van der Waals surface area contributed by atoms with Crippen molar-refractivity contribution in [1.29, 1.82) is 0 Å². The molecule has 0 saturated heterocycles. The van der Waals surface area contributed by atoms with Crippen molar-refractivity contribution < 1.29 is 24.5 Å². The number of amides is 1. The largest absolute Gasteiger partial charge is 0.508 e. The van der Waals surface area contributed by atoms with Crippen molar-refractivity contribution in [3.05, 3.63) is 47.3 Å². The highest BCUT2D eigenvalue weighted by Gasteiger charge is 2.14. The number of nitrogens with one attached hydrogen (secondary N) is 1. The average Bonchev–Trinajstić information content (AvgIpc) is 2.42. The summed E-state index contributed by atoms with van der Waals surface area (Å²) in [6.45, 7) is 1.38. The van der Waals surface area contributed by atoms with Crippen LogP contribution in [0.1, 0.15) is 15.9 Å². The first-order chi connectivity index (χ1) is 9.40. The minimum Gasteiger partial charge on any atom is -0.508 e. The van der Waals surface area contributed by atoms with E-state index in [2.05, 4.69) is 5.32 Å². The van der Waals surface area contributed by atoms with Crippen LogP contribution in [0, 0.1) is 12.7 Å². The van der Waals surface area contributed by atoms with Crippen LogP contribution in [0.25, 0.3) is 0 Å². The molecule has 0 aliphatic carbocycles. The van der Waals surface area contributed by atoms with Gasteiger partial charge in [0.15, 0.2) is 17.3 Å². The third-order valence-electron chi connectivity index (χ3n) is 2.84. The van der Waals surface area contributed by atoms with Crippen LogP contribution in [0.2, 0.25) is 0 Å². The van der Waals surface area contributed by atoms with Gasteiger partial charge in [-0.25, -0.2) is 4.39 Å². The van der Waals surface area contributed by atoms with Crippen molar-refractivity contribution in [1.82, 2.24) is 0 Å². The Bertz CT molecular complexity index is 685. The molecule has 0 saturated carbocycles. The predicted octanol–water partition coefficient (Wildman–Crippen LogP) is 2.50. The van der Waals surface area contributed by atoms with Crippen molar-refractivity contribution in [2.45, 2.75) is 6.92 Å². The number of carbonyl (C=O) groups is 1. The van der Waals surface area contributed by atoms with Crippen LogP contribution in [-0.2, 0) is 0 Å². The van der Waals surface area contributed by atoms with E-state index in [1.54, 1.807) is 0 Å². The maximum Gasteiger partial charge on any atom is 0.255 e. The summed E-state index contributed by atoms with van der Waals surface area (Å²) in [6, 6.07) is 6.01. The summed E-state index contributed by atoms with van der Waals surface area (Å²) in [4.78, 5) is 11.9. The molecule has 2 aromatic carbocycles. The zero-order valence-electron chi connectivity index (χ0n) is 10.5. The Morgan fingerprint density at radius 3 is 2.35 bits per heavy atom. The Labute approximate surface area is 113 Å². The van der Waals surface area contributed by atoms with Crippen molar-refractivity contribution in [3.8, 4) is 17.2 Å². The normalized spacial score (nSPS) is 10.3. The van der Waals surface area contributed by atoms with Gasteiger partial charge in [-0.15, -0.1) is 0 Å². The van der Waals surface area contributed by atoms with Gasteiger partial charge in [0, 0.05) is 11.1 Å². The number of phenolic OH excluding ortho intramolecular Hbond substituents is 3. The molecule has 0 radical (unpaired) electrons. The Morgan fingerprint density at radius 2 is 1.70 bits per heavy atom. The lowest BCUT2D eigenvalue weighted by atomic mass is 10.1. The fourth-order valence-electron chi connectivity index (χ4n) is 1.63. The first kappa shape index (κ1) is 13.7. The van der Waals surface area contributed by atoms with E-state index in [4.69, 9.17) is 5.11 Å². The summed E-state index contributed by atoms with van der Waals surface area (Å²) in [5.74, 6) is -2.39. The lowest BCUT2D eigenvalue weighted by Crippen LogP contribution is -2.13. The zero-order valence-corrected chi connectivity index (χ0v) is 10.5. The number of carbonyl (C=O) groups excluding carboxylic acids is 1. The third-order valence-corrected chi connectivity index (χ3v) is 2.84. The number of hydrogen-bond acceptors (Lipinski definition) is 4. The van der Waals surface area contributed by atoms with Gasteiger partial charge in [-0.05, 0) is 37.3 Å². The first-order valence-corrected chi connectivity index (χ1v) is 5.71. The topological polar surface area (TPSA) is 89.8 Å². The third kappa shape index (κ3) is 2.49. The number of hydrogen-bond donors (Lipinski definition) is 4. The number of anilines is 1. The lowest BCUT2D eigenvalue weighted by molar-refractivity contribution is 0.102. The maximum absolute atomic E-state index is 13.8. The van der Waals surface area contributed by atoms with Gasteiger partial charge in [0.25, 0.3) is 5.91 Å². The molecule has 2 rings (SSSR count). The summed E-state index contributed by atoms with van der Waals surface area (Å²) in [6.07, 6.45) is 0. The van der Waals surface area contributed by atoms with Gasteiger partial charge in [-0.1, -0.05) is 0 Å². The molecule has 0 bridgehead atoms. The molecule has 20 heavy (non-hydrogen) atoms. The van der Waals surface area contributed by atoms with Crippen molar-refractivity contribution >= 4 is 11.6 Å². The van der Waals surface area contributed by atoms with Gasteiger partial charge < -0.3 is 20.6 Å². The molecular weight excluding hydrogens is 265 g/mol. The highest BCUT2D eigenvalue weighted by atomic mass is 19.1. The molecule has 0 aliphatic heterocycles. The molecule has 0 aromatic heterocycles. The number of benzene rings is 2. The molecular formula is C14H12FNO4. The number of rotatable bonds is 2. The molecule has 104 valence electrons. The van der Waals surface area contributed by atoms with E-state index in [0.29, 0.717) is 0 Å². The van der Waals surface area contributed by atoms with Crippen LogP contribution in [0.15, 0.2) is 30.3 Å². The Hall–Kier alpha value is -2.76. The highest BCUT2D eigenvalue weighted by molar-refractivity contribution is 6.04. The molecule has 0 atom stereocenters. The van der Waals surface area contributed by atoms with E-state index in [1.807, 2.05) is 0 Å². The Morgan fingerprint density at radius 1 is 1.05 bits per heavy atom. The molecule has 0 aliphatic rings. The average molecular weight is 277 g/mol. The van der Waals surface area contributed by atoms with Crippen LogP contribution in [-0.4, -0.2) is 21.2 Å². The second-order valence-corrected chi connectivity index (χ2v) is 4.23. The standard InChI is InChI=1S/C14H12FNO4/c1-7-10(17)5-3-9(13(7)15)16-14(20)8-2-4-11(18)12(19)6-8/h2-6,17-19H,1H3,(H,16,20). The van der Waals surface area contributed by atoms with E-state index < -0.39 is 17.5 Å². The quantitative estimate of drug-likeness (QED) is 0.501. The molecule has 4 N–H and O–H groups in total. The van der Waals surface area contributed by atoms with Crippen LogP contribution in [0.3, 0.4) is 0 Å². The van der Waals surface area contributed by atoms with Gasteiger partial charge in [0.2, 0.25) is 0 Å². The molecule has 1 amide bonds. The SMILES string of the molecule is Cc1c(O)ccc(NC(=O)c2ccc(O)c(O)c2)c1F. The van der Waals surface area contributed by atoms with Gasteiger partial charge in [-0.2, -0.15) is 0 Å². The first-order valence-electron chi connectivity index (χ1n) is 5.71. The minimum absolute atomic E-state index is 0.0244. The zero-order chi connectivity index (χ0) is 14.9. The fourth-order valence-corrected chi connectivity index (χ4v) is 1.63. The van der Waals surface area contributed by atoms with Gasteiger partial charge >= 0.3 is 0 Å². The molecule has 0 unspecified atom stereocenters. The van der Waals surface area contributed by atoms with E-state index in [-0.39, 0.29) is 28.3 Å². The van der Waals surface area contributed by atoms with E-state index in [0.717, 1.165) is 12.1 Å². The maximum atomic E-state index is 13.8. The van der Waals surface area contributed by atoms with Crippen molar-refractivity contribution in [2.24, 2.45) is 0 Å². The molecule has 0 fully saturated rings. The second-order valence-electron chi connectivity index (χ2n) is 4.23. The minimum atomic E-state index is -0.735. The second kappa shape index (κ2) is 5.08. The van der Waals surface area contributed by atoms with Gasteiger partial charge in [-0.3, -0.25) is 4.79 Å². The van der Waals surface area contributed by atoms with Crippen LogP contribution in [0.4, 0.5) is 10.1 Å². The van der Waals surface area contributed by atoms with Gasteiger partial charge in [0.05, 0.1) is 5.69 Å². The van der Waals surface area contributed by atoms with E-state index in [9.17, 15) is 19.4 Å². The van der Waals surface area contributed by atoms with Crippen molar-refractivity contribution in [3.63, 3.8) is 0 Å². The highest BCUT2D eigenvalue weighted by Crippen LogP contribution is 2.27. The molecule has 0 spiro atoms. The smallest absolute Gasteiger partial charge is 0.255 e. The fraction of sp³-hybridized carbons (Fsp3) is 0.0714. The number of aromatic hydroxyl groups is 3. The number of halogens is 1. The van der Waals surface area contributed by atoms with E-state index in [1.165, 1.54) is 25.1 Å². The summed E-state index contributed by atoms with van der Waals surface area (Å²) < 4.78 is 13.8. The summed E-state index contributed by atoms with van der Waals surface area (Å²) in [7, 11) is 0. The van der Waals surface area contributed by atoms with Crippen LogP contribution in [0.5, 0.6) is 17.2 Å². The van der Waals surface area contributed by atoms with Crippen LogP contribution >= 0.6 is 0 Å². The summed E-state index contributed by atoms with van der Waals surface area (Å²) >= 11 is 0. The predicted molar refractivity (Wildman–Crippen MR) is 70.5 cm³/mol. The molecule has 0 heterocycles. The van der Waals surface area contributed by atoms with Crippen molar-refractivity contribution in [2.75, 3.05) is 5.32 Å². The summed E-state index contributed by atoms with van der Waals surface area (Å²) in [5, 5.41) is 30.1. The number of phenols is 3.